The zero-order valence-corrected chi connectivity index (χ0v) is 16.5. The van der Waals surface area contributed by atoms with Crippen LogP contribution in [-0.2, 0) is 23.4 Å². The minimum absolute atomic E-state index is 0.0888. The van der Waals surface area contributed by atoms with Crippen LogP contribution in [0.3, 0.4) is 0 Å². The molecule has 6 heteroatoms. The standard InChI is InChI=1S/C17H32O5Si/c1-9-10-13-15(22-17(5,6)21-13)14(19-12-18)11-20-23(7,8)16(2,3)4/h9,12-15H,1,10-11H2,2-8H3/t13-,14-,15+/m1/s1. The van der Waals surface area contributed by atoms with E-state index in [0.29, 0.717) is 19.5 Å². The lowest BCUT2D eigenvalue weighted by Crippen LogP contribution is -2.47. The molecule has 0 N–H and O–H groups in total. The van der Waals surface area contributed by atoms with Gasteiger partial charge in [-0.05, 0) is 38.4 Å². The fraction of sp³-hybridized carbons (Fsp3) is 0.824. The Morgan fingerprint density at radius 2 is 1.91 bits per heavy atom. The first-order chi connectivity index (χ1) is 10.4. The molecule has 1 aliphatic rings. The number of carbonyl (C=O) groups is 1. The quantitative estimate of drug-likeness (QED) is 0.382. The van der Waals surface area contributed by atoms with Gasteiger partial charge in [-0.15, -0.1) is 6.58 Å². The smallest absolute Gasteiger partial charge is 0.293 e. The van der Waals surface area contributed by atoms with Crippen LogP contribution < -0.4 is 0 Å². The Balaban J connectivity index is 2.84. The molecule has 1 rings (SSSR count). The van der Waals surface area contributed by atoms with Crippen molar-refractivity contribution in [3.8, 4) is 0 Å². The van der Waals surface area contributed by atoms with Gasteiger partial charge in [0.1, 0.15) is 6.10 Å². The highest BCUT2D eigenvalue weighted by Gasteiger charge is 2.46. The van der Waals surface area contributed by atoms with Crippen molar-refractivity contribution in [1.29, 1.82) is 0 Å². The monoisotopic (exact) mass is 344 g/mol. The van der Waals surface area contributed by atoms with E-state index in [2.05, 4.69) is 40.4 Å². The number of carbonyl (C=O) groups excluding carboxylic acids is 1. The van der Waals surface area contributed by atoms with Crippen LogP contribution in [0, 0.1) is 0 Å². The third kappa shape index (κ3) is 5.41. The Hall–Kier alpha value is -0.693. The van der Waals surface area contributed by atoms with Crippen molar-refractivity contribution < 1.29 is 23.4 Å². The molecule has 0 unspecified atom stereocenters. The predicted molar refractivity (Wildman–Crippen MR) is 92.7 cm³/mol. The zero-order valence-electron chi connectivity index (χ0n) is 15.5. The normalized spacial score (nSPS) is 25.9. The summed E-state index contributed by atoms with van der Waals surface area (Å²) in [6, 6.07) is 0. The summed E-state index contributed by atoms with van der Waals surface area (Å²) in [5.41, 5.74) is 0. The molecule has 3 atom stereocenters. The van der Waals surface area contributed by atoms with Gasteiger partial charge >= 0.3 is 0 Å². The van der Waals surface area contributed by atoms with Crippen LogP contribution in [0.5, 0.6) is 0 Å². The Labute approximate surface area is 141 Å². The van der Waals surface area contributed by atoms with Crippen molar-refractivity contribution in [3.05, 3.63) is 12.7 Å². The lowest BCUT2D eigenvalue weighted by atomic mass is 10.1. The van der Waals surface area contributed by atoms with Crippen LogP contribution in [0.4, 0.5) is 0 Å². The van der Waals surface area contributed by atoms with Crippen LogP contribution in [0.2, 0.25) is 18.1 Å². The van der Waals surface area contributed by atoms with Crippen LogP contribution in [0.1, 0.15) is 41.0 Å². The van der Waals surface area contributed by atoms with Crippen LogP contribution in [-0.4, -0.2) is 45.5 Å². The van der Waals surface area contributed by atoms with Gasteiger partial charge in [0, 0.05) is 0 Å². The molecule has 134 valence electrons. The summed E-state index contributed by atoms with van der Waals surface area (Å²) >= 11 is 0. The molecule has 0 radical (unpaired) electrons. The number of ether oxygens (including phenoxy) is 3. The van der Waals surface area contributed by atoms with Gasteiger partial charge in [0.15, 0.2) is 20.2 Å². The number of hydrogen-bond donors (Lipinski definition) is 0. The van der Waals surface area contributed by atoms with Crippen LogP contribution in [0.25, 0.3) is 0 Å². The van der Waals surface area contributed by atoms with E-state index in [1.807, 2.05) is 13.8 Å². The van der Waals surface area contributed by atoms with Gasteiger partial charge in [0.2, 0.25) is 0 Å². The van der Waals surface area contributed by atoms with Crippen LogP contribution >= 0.6 is 0 Å². The maximum absolute atomic E-state index is 10.9. The lowest BCUT2D eigenvalue weighted by molar-refractivity contribution is -0.166. The molecular weight excluding hydrogens is 312 g/mol. The zero-order chi connectivity index (χ0) is 17.9. The van der Waals surface area contributed by atoms with E-state index in [1.165, 1.54) is 0 Å². The van der Waals surface area contributed by atoms with Gasteiger partial charge < -0.3 is 18.6 Å². The largest absolute Gasteiger partial charge is 0.459 e. The van der Waals surface area contributed by atoms with Crippen molar-refractivity contribution >= 4 is 14.8 Å². The number of hydrogen-bond acceptors (Lipinski definition) is 5. The SMILES string of the molecule is C=CC[C@H]1OC(C)(C)O[C@@H]1[C@@H](CO[Si](C)(C)C(C)(C)C)OC=O. The van der Waals surface area contributed by atoms with E-state index in [4.69, 9.17) is 18.6 Å². The lowest BCUT2D eigenvalue weighted by Gasteiger charge is -2.37. The minimum Gasteiger partial charge on any atom is -0.459 e. The molecule has 0 aliphatic carbocycles. The van der Waals surface area contributed by atoms with E-state index in [1.54, 1.807) is 6.08 Å². The topological polar surface area (TPSA) is 54.0 Å². The average molecular weight is 345 g/mol. The molecule has 0 aromatic rings. The molecule has 0 aromatic heterocycles. The van der Waals surface area contributed by atoms with Gasteiger partial charge in [0.25, 0.3) is 6.47 Å². The first-order valence-electron chi connectivity index (χ1n) is 8.13. The average Bonchev–Trinajstić information content (AvgIpc) is 2.68. The molecule has 0 saturated carbocycles. The first-order valence-corrected chi connectivity index (χ1v) is 11.0. The Morgan fingerprint density at radius 1 is 1.30 bits per heavy atom. The van der Waals surface area contributed by atoms with Crippen LogP contribution in [0.15, 0.2) is 12.7 Å². The second-order valence-electron chi connectivity index (χ2n) is 8.01. The van der Waals surface area contributed by atoms with Crippen molar-refractivity contribution in [2.24, 2.45) is 0 Å². The third-order valence-electron chi connectivity index (χ3n) is 4.63. The molecule has 0 amide bonds. The molecule has 0 bridgehead atoms. The molecular formula is C17H32O5Si. The van der Waals surface area contributed by atoms with Crippen molar-refractivity contribution in [1.82, 2.24) is 0 Å². The van der Waals surface area contributed by atoms with Gasteiger partial charge in [-0.1, -0.05) is 26.8 Å². The highest BCUT2D eigenvalue weighted by Crippen LogP contribution is 2.38. The van der Waals surface area contributed by atoms with Gasteiger partial charge in [-0.3, -0.25) is 4.79 Å². The highest BCUT2D eigenvalue weighted by molar-refractivity contribution is 6.74. The fourth-order valence-corrected chi connectivity index (χ4v) is 3.33. The van der Waals surface area contributed by atoms with Gasteiger partial charge in [-0.2, -0.15) is 0 Å². The molecule has 5 nitrogen and oxygen atoms in total. The van der Waals surface area contributed by atoms with E-state index in [-0.39, 0.29) is 17.2 Å². The summed E-state index contributed by atoms with van der Waals surface area (Å²) in [6.07, 6.45) is 1.36. The summed E-state index contributed by atoms with van der Waals surface area (Å²) in [6.45, 7) is 19.1. The molecule has 1 fully saturated rings. The Morgan fingerprint density at radius 3 is 2.39 bits per heavy atom. The predicted octanol–water partition coefficient (Wildman–Crippen LogP) is 3.65. The highest BCUT2D eigenvalue weighted by atomic mass is 28.4. The van der Waals surface area contributed by atoms with Gasteiger partial charge in [-0.25, -0.2) is 0 Å². The maximum Gasteiger partial charge on any atom is 0.293 e. The van der Waals surface area contributed by atoms with E-state index in [9.17, 15) is 4.79 Å². The summed E-state index contributed by atoms with van der Waals surface area (Å²) in [4.78, 5) is 10.9. The maximum atomic E-state index is 10.9. The fourth-order valence-electron chi connectivity index (χ4n) is 2.31. The first kappa shape index (κ1) is 20.4. The number of rotatable bonds is 8. The molecule has 23 heavy (non-hydrogen) atoms. The van der Waals surface area contributed by atoms with Crippen molar-refractivity contribution in [2.75, 3.05) is 6.61 Å². The third-order valence-corrected chi connectivity index (χ3v) is 9.13. The summed E-state index contributed by atoms with van der Waals surface area (Å²) < 4.78 is 23.3. The van der Waals surface area contributed by atoms with Gasteiger partial charge in [0.05, 0.1) is 12.7 Å². The summed E-state index contributed by atoms with van der Waals surface area (Å²) in [7, 11) is -1.94. The van der Waals surface area contributed by atoms with Crippen molar-refractivity contribution in [2.45, 2.75) is 83.3 Å². The summed E-state index contributed by atoms with van der Waals surface area (Å²) in [5, 5.41) is 0.0888. The molecule has 0 spiro atoms. The molecule has 1 aliphatic heterocycles. The molecule has 0 aromatic carbocycles. The molecule has 1 saturated heterocycles. The van der Waals surface area contributed by atoms with Crippen molar-refractivity contribution in [3.63, 3.8) is 0 Å². The summed E-state index contributed by atoms with van der Waals surface area (Å²) in [5.74, 6) is -0.709. The molecule has 1 heterocycles. The second kappa shape index (κ2) is 7.47. The van der Waals surface area contributed by atoms with E-state index in [0.717, 1.165) is 0 Å². The van der Waals surface area contributed by atoms with E-state index >= 15 is 0 Å². The minimum atomic E-state index is -1.94. The Kier molecular flexibility index (Phi) is 6.61. The Bertz CT molecular complexity index is 414. The van der Waals surface area contributed by atoms with E-state index < -0.39 is 20.2 Å². The second-order valence-corrected chi connectivity index (χ2v) is 12.8.